The van der Waals surface area contributed by atoms with Gasteiger partial charge in [-0.05, 0) is 71.3 Å². The third-order valence-electron chi connectivity index (χ3n) is 9.37. The van der Waals surface area contributed by atoms with E-state index >= 15 is 0 Å². The predicted octanol–water partition coefficient (Wildman–Crippen LogP) is 11.0. The molecule has 9 rings (SSSR count). The molecule has 0 N–H and O–H groups in total. The summed E-state index contributed by atoms with van der Waals surface area (Å²) in [6, 6.07) is 59.0. The van der Waals surface area contributed by atoms with Crippen LogP contribution in [0, 0.1) is 22.7 Å². The van der Waals surface area contributed by atoms with Gasteiger partial charge in [-0.15, -0.1) is 0 Å². The fourth-order valence-corrected chi connectivity index (χ4v) is 7.27. The summed E-state index contributed by atoms with van der Waals surface area (Å²) < 4.78 is 4.50. The van der Waals surface area contributed by atoms with Crippen LogP contribution in [0.25, 0.3) is 77.2 Å². The molecule has 0 amide bonds. The van der Waals surface area contributed by atoms with Crippen molar-refractivity contribution < 1.29 is 0 Å². The van der Waals surface area contributed by atoms with E-state index in [1.165, 1.54) is 5.39 Å². The van der Waals surface area contributed by atoms with Crippen LogP contribution in [-0.2, 0) is 0 Å². The molecule has 48 heavy (non-hydrogen) atoms. The number of para-hydroxylation sites is 4. The number of benzene rings is 7. The van der Waals surface area contributed by atoms with E-state index < -0.39 is 0 Å². The lowest BCUT2D eigenvalue weighted by molar-refractivity contribution is 1.17. The Morgan fingerprint density at radius 3 is 1.90 bits per heavy atom. The molecule has 4 heteroatoms. The van der Waals surface area contributed by atoms with Crippen LogP contribution in [-0.4, -0.2) is 9.13 Å². The third kappa shape index (κ3) is 4.14. The quantitative estimate of drug-likeness (QED) is 0.199. The predicted molar refractivity (Wildman–Crippen MR) is 195 cm³/mol. The normalized spacial score (nSPS) is 11.3. The average Bonchev–Trinajstić information content (AvgIpc) is 3.67. The average molecular weight is 611 g/mol. The molecule has 4 nitrogen and oxygen atoms in total. The Hall–Kier alpha value is -6.88. The highest BCUT2D eigenvalue weighted by Crippen LogP contribution is 2.40. The maximum absolute atomic E-state index is 9.99. The van der Waals surface area contributed by atoms with E-state index in [0.29, 0.717) is 11.1 Å². The smallest absolute Gasteiger partial charge is 0.101 e. The van der Waals surface area contributed by atoms with Crippen molar-refractivity contribution in [1.29, 1.82) is 10.5 Å². The molecule has 0 aliphatic heterocycles. The van der Waals surface area contributed by atoms with Crippen molar-refractivity contribution >= 4 is 43.6 Å². The lowest BCUT2D eigenvalue weighted by Crippen LogP contribution is -1.97. The van der Waals surface area contributed by atoms with Gasteiger partial charge in [-0.25, -0.2) is 0 Å². The van der Waals surface area contributed by atoms with Gasteiger partial charge in [0.25, 0.3) is 0 Å². The first-order valence-corrected chi connectivity index (χ1v) is 15.9. The van der Waals surface area contributed by atoms with Gasteiger partial charge in [0.1, 0.15) is 6.07 Å². The standard InChI is InChI=1S/C44H26N4/c45-27-29-10-7-14-34(24-29)47-41-20-5-3-16-37(41)39-18-9-17-35(44(39)47)32-13-8-12-30(25-32)31-22-23-38-36-15-2-6-21-42(36)48(43(38)26-31)40-19-4-1-11-33(40)28-46/h1-26H. The van der Waals surface area contributed by atoms with Crippen molar-refractivity contribution in [2.45, 2.75) is 0 Å². The van der Waals surface area contributed by atoms with Gasteiger partial charge in [-0.2, -0.15) is 10.5 Å². The Morgan fingerprint density at radius 2 is 1.06 bits per heavy atom. The molecule has 222 valence electrons. The monoisotopic (exact) mass is 610 g/mol. The first-order chi connectivity index (χ1) is 23.7. The molecule has 0 fully saturated rings. The van der Waals surface area contributed by atoms with E-state index in [2.05, 4.69) is 130 Å². The van der Waals surface area contributed by atoms with Gasteiger partial charge in [-0.3, -0.25) is 0 Å². The first-order valence-electron chi connectivity index (χ1n) is 15.9. The van der Waals surface area contributed by atoms with E-state index in [0.717, 1.165) is 71.9 Å². The molecule has 9 aromatic rings. The Bertz CT molecular complexity index is 2820. The zero-order valence-electron chi connectivity index (χ0n) is 25.8. The van der Waals surface area contributed by atoms with Gasteiger partial charge in [0, 0.05) is 32.8 Å². The lowest BCUT2D eigenvalue weighted by atomic mass is 9.96. The van der Waals surface area contributed by atoms with Crippen molar-refractivity contribution in [2.24, 2.45) is 0 Å². The molecule has 0 saturated carbocycles. The summed E-state index contributed by atoms with van der Waals surface area (Å²) in [4.78, 5) is 0. The maximum atomic E-state index is 9.99. The van der Waals surface area contributed by atoms with Gasteiger partial charge in [0.15, 0.2) is 0 Å². The highest BCUT2D eigenvalue weighted by atomic mass is 15.0. The van der Waals surface area contributed by atoms with E-state index in [9.17, 15) is 10.5 Å². The van der Waals surface area contributed by atoms with Gasteiger partial charge in [0.2, 0.25) is 0 Å². The van der Waals surface area contributed by atoms with Crippen LogP contribution in [0.3, 0.4) is 0 Å². The number of hydrogen-bond acceptors (Lipinski definition) is 2. The summed E-state index contributed by atoms with van der Waals surface area (Å²) in [5, 5.41) is 24.3. The summed E-state index contributed by atoms with van der Waals surface area (Å²) in [6.07, 6.45) is 0. The summed E-state index contributed by atoms with van der Waals surface area (Å²) >= 11 is 0. The molecule has 0 bridgehead atoms. The summed E-state index contributed by atoms with van der Waals surface area (Å²) in [5.74, 6) is 0. The molecule has 0 aliphatic rings. The topological polar surface area (TPSA) is 57.4 Å². The second kappa shape index (κ2) is 10.9. The van der Waals surface area contributed by atoms with Gasteiger partial charge < -0.3 is 9.13 Å². The van der Waals surface area contributed by atoms with Crippen LogP contribution in [0.5, 0.6) is 0 Å². The third-order valence-corrected chi connectivity index (χ3v) is 9.37. The van der Waals surface area contributed by atoms with Crippen molar-refractivity contribution in [1.82, 2.24) is 9.13 Å². The Kier molecular flexibility index (Phi) is 6.22. The summed E-state index contributed by atoms with van der Waals surface area (Å²) in [6.45, 7) is 0. The van der Waals surface area contributed by atoms with Crippen LogP contribution >= 0.6 is 0 Å². The molecule has 0 saturated heterocycles. The van der Waals surface area contributed by atoms with Crippen molar-refractivity contribution in [3.05, 3.63) is 169 Å². The molecule has 7 aromatic carbocycles. The molecule has 0 atom stereocenters. The minimum absolute atomic E-state index is 0.628. The number of rotatable bonds is 4. The zero-order chi connectivity index (χ0) is 32.2. The van der Waals surface area contributed by atoms with E-state index in [1.54, 1.807) is 0 Å². The highest BCUT2D eigenvalue weighted by Gasteiger charge is 2.18. The Labute approximate surface area is 277 Å². The van der Waals surface area contributed by atoms with Crippen molar-refractivity contribution in [3.8, 4) is 45.8 Å². The molecular formula is C44H26N4. The SMILES string of the molecule is N#Cc1cccc(-n2c3ccccc3c3cccc(-c4cccc(-c5ccc6c7ccccc7n(-c7ccccc7C#N)c6c5)c4)c32)c1. The molecule has 0 spiro atoms. The van der Waals surface area contributed by atoms with Crippen molar-refractivity contribution in [2.75, 3.05) is 0 Å². The van der Waals surface area contributed by atoms with E-state index in [1.807, 2.05) is 48.5 Å². The lowest BCUT2D eigenvalue weighted by Gasteiger charge is -2.13. The van der Waals surface area contributed by atoms with Gasteiger partial charge >= 0.3 is 0 Å². The first kappa shape index (κ1) is 27.4. The van der Waals surface area contributed by atoms with Crippen LogP contribution in [0.2, 0.25) is 0 Å². The second-order valence-electron chi connectivity index (χ2n) is 12.0. The Morgan fingerprint density at radius 1 is 0.417 bits per heavy atom. The Balaban J connectivity index is 1.27. The maximum Gasteiger partial charge on any atom is 0.101 e. The second-order valence-corrected chi connectivity index (χ2v) is 12.0. The molecule has 2 aromatic heterocycles. The number of hydrogen-bond donors (Lipinski definition) is 0. The highest BCUT2D eigenvalue weighted by molar-refractivity contribution is 6.14. The zero-order valence-corrected chi connectivity index (χ0v) is 25.8. The molecule has 2 heterocycles. The number of aromatic nitrogens is 2. The number of fused-ring (bicyclic) bond motifs is 6. The molecule has 0 radical (unpaired) electrons. The minimum Gasteiger partial charge on any atom is -0.309 e. The van der Waals surface area contributed by atoms with Crippen LogP contribution < -0.4 is 0 Å². The molecular weight excluding hydrogens is 585 g/mol. The molecule has 0 aliphatic carbocycles. The largest absolute Gasteiger partial charge is 0.309 e. The molecule has 0 unspecified atom stereocenters. The fraction of sp³-hybridized carbons (Fsp3) is 0. The van der Waals surface area contributed by atoms with Gasteiger partial charge in [0.05, 0.1) is 45.0 Å². The van der Waals surface area contributed by atoms with Crippen LogP contribution in [0.15, 0.2) is 158 Å². The minimum atomic E-state index is 0.628. The van der Waals surface area contributed by atoms with Crippen LogP contribution in [0.1, 0.15) is 11.1 Å². The summed E-state index contributed by atoms with van der Waals surface area (Å²) in [7, 11) is 0. The van der Waals surface area contributed by atoms with Gasteiger partial charge in [-0.1, -0.05) is 103 Å². The number of nitriles is 2. The number of nitrogens with zero attached hydrogens (tertiary/aromatic N) is 4. The van der Waals surface area contributed by atoms with Crippen molar-refractivity contribution in [3.63, 3.8) is 0 Å². The fourth-order valence-electron chi connectivity index (χ4n) is 7.27. The van der Waals surface area contributed by atoms with E-state index in [4.69, 9.17) is 0 Å². The summed E-state index contributed by atoms with van der Waals surface area (Å²) in [5.41, 5.74) is 11.8. The van der Waals surface area contributed by atoms with Crippen LogP contribution in [0.4, 0.5) is 0 Å². The van der Waals surface area contributed by atoms with E-state index in [-0.39, 0.29) is 0 Å².